The number of hydrogen-bond acceptors (Lipinski definition) is 2. The molecule has 2 heteroatoms. The third-order valence-electron chi connectivity index (χ3n) is 6.36. The van der Waals surface area contributed by atoms with Crippen LogP contribution in [0, 0.1) is 20.8 Å². The molecule has 1 N–H and O–H groups in total. The third-order valence-corrected chi connectivity index (χ3v) is 6.36. The first kappa shape index (κ1) is 19.6. The number of ether oxygens (including phenoxy) is 1. The normalized spacial score (nSPS) is 15.3. The Kier molecular flexibility index (Phi) is 5.36. The summed E-state index contributed by atoms with van der Waals surface area (Å²) in [5, 5.41) is 3.66. The van der Waals surface area contributed by atoms with E-state index in [1.54, 1.807) is 0 Å². The second kappa shape index (κ2) is 7.94. The van der Waals surface area contributed by atoms with E-state index in [1.807, 2.05) is 0 Å². The first-order valence-corrected chi connectivity index (χ1v) is 10.6. The Morgan fingerprint density at radius 2 is 1.59 bits per heavy atom. The highest BCUT2D eigenvalue weighted by molar-refractivity contribution is 5.70. The summed E-state index contributed by atoms with van der Waals surface area (Å²) in [6.07, 6.45) is 0. The fourth-order valence-electron chi connectivity index (χ4n) is 4.44. The quantitative estimate of drug-likeness (QED) is 0.517. The van der Waals surface area contributed by atoms with Gasteiger partial charge in [-0.2, -0.15) is 0 Å². The van der Waals surface area contributed by atoms with Gasteiger partial charge in [-0.15, -0.1) is 0 Å². The van der Waals surface area contributed by atoms with Crippen LogP contribution in [0.2, 0.25) is 0 Å². The predicted molar refractivity (Wildman–Crippen MR) is 122 cm³/mol. The van der Waals surface area contributed by atoms with Crippen molar-refractivity contribution in [3.63, 3.8) is 0 Å². The molecule has 3 aromatic carbocycles. The smallest absolute Gasteiger partial charge is 0.128 e. The molecule has 1 unspecified atom stereocenters. The van der Waals surface area contributed by atoms with Gasteiger partial charge in [0.15, 0.2) is 0 Å². The summed E-state index contributed by atoms with van der Waals surface area (Å²) in [5.74, 6) is 1.94. The topological polar surface area (TPSA) is 21.3 Å². The number of hydrogen-bond donors (Lipinski definition) is 1. The highest BCUT2D eigenvalue weighted by Gasteiger charge is 2.31. The average Bonchev–Trinajstić information content (AvgIpc) is 3.18. The van der Waals surface area contributed by atoms with Gasteiger partial charge in [-0.1, -0.05) is 68.4 Å². The van der Waals surface area contributed by atoms with Crippen molar-refractivity contribution in [1.29, 1.82) is 0 Å². The van der Waals surface area contributed by atoms with E-state index >= 15 is 0 Å². The summed E-state index contributed by atoms with van der Waals surface area (Å²) >= 11 is 0. The van der Waals surface area contributed by atoms with Gasteiger partial charge < -0.3 is 10.1 Å². The molecule has 1 aliphatic heterocycles. The molecule has 0 aliphatic carbocycles. The monoisotopic (exact) mass is 385 g/mol. The van der Waals surface area contributed by atoms with Gasteiger partial charge >= 0.3 is 0 Å². The Morgan fingerprint density at radius 3 is 2.24 bits per heavy atom. The summed E-state index contributed by atoms with van der Waals surface area (Å²) in [5.41, 5.74) is 10.5. The lowest BCUT2D eigenvalue weighted by molar-refractivity contribution is 0.341. The molecular weight excluding hydrogens is 354 g/mol. The molecular formula is C27H31NO. The van der Waals surface area contributed by atoms with E-state index in [4.69, 9.17) is 4.74 Å². The number of fused-ring (bicyclic) bond motifs is 1. The van der Waals surface area contributed by atoms with Crippen molar-refractivity contribution in [2.75, 3.05) is 11.9 Å². The van der Waals surface area contributed by atoms with Crippen molar-refractivity contribution in [2.45, 2.75) is 53.0 Å². The standard InChI is InChI=1S/C27H31NO/c1-17(2)22-11-13-23(14-12-22)24-16-29-27-20(5)26(19(4)18(3)25(24)27)28-15-21-9-7-6-8-10-21/h6-14,17,24,28H,15-16H2,1-5H3. The highest BCUT2D eigenvalue weighted by atomic mass is 16.5. The minimum absolute atomic E-state index is 0.312. The number of rotatable bonds is 5. The van der Waals surface area contributed by atoms with Crippen LogP contribution < -0.4 is 10.1 Å². The molecule has 1 heterocycles. The minimum atomic E-state index is 0.312. The fraction of sp³-hybridized carbons (Fsp3) is 0.333. The summed E-state index contributed by atoms with van der Waals surface area (Å²) in [7, 11) is 0. The van der Waals surface area contributed by atoms with Crippen molar-refractivity contribution in [3.05, 3.63) is 93.5 Å². The average molecular weight is 386 g/mol. The molecule has 0 amide bonds. The lowest BCUT2D eigenvalue weighted by Crippen LogP contribution is -2.07. The van der Waals surface area contributed by atoms with Crippen molar-refractivity contribution in [2.24, 2.45) is 0 Å². The zero-order valence-electron chi connectivity index (χ0n) is 18.2. The Morgan fingerprint density at radius 1 is 0.897 bits per heavy atom. The highest BCUT2D eigenvalue weighted by Crippen LogP contribution is 2.47. The number of benzene rings is 3. The molecule has 1 atom stereocenters. The van der Waals surface area contributed by atoms with Crippen molar-refractivity contribution in [1.82, 2.24) is 0 Å². The largest absolute Gasteiger partial charge is 0.492 e. The van der Waals surface area contributed by atoms with Gasteiger partial charge in [-0.25, -0.2) is 0 Å². The molecule has 0 spiro atoms. The Hall–Kier alpha value is -2.74. The van der Waals surface area contributed by atoms with Crippen molar-refractivity contribution in [3.8, 4) is 5.75 Å². The summed E-state index contributed by atoms with van der Waals surface area (Å²) in [6, 6.07) is 19.6. The third kappa shape index (κ3) is 3.64. The summed E-state index contributed by atoms with van der Waals surface area (Å²) < 4.78 is 6.26. The van der Waals surface area contributed by atoms with Gasteiger partial charge in [0, 0.05) is 29.3 Å². The Labute approximate surface area is 174 Å². The summed E-state index contributed by atoms with van der Waals surface area (Å²) in [6.45, 7) is 12.7. The fourth-order valence-corrected chi connectivity index (χ4v) is 4.44. The van der Waals surface area contributed by atoms with Crippen LogP contribution >= 0.6 is 0 Å². The van der Waals surface area contributed by atoms with Crippen LogP contribution in [-0.2, 0) is 6.54 Å². The molecule has 0 fully saturated rings. The van der Waals surface area contributed by atoms with Crippen molar-refractivity contribution < 1.29 is 4.74 Å². The number of anilines is 1. The van der Waals surface area contributed by atoms with Gasteiger partial charge in [-0.05, 0) is 54.5 Å². The molecule has 0 radical (unpaired) electrons. The molecule has 150 valence electrons. The van der Waals surface area contributed by atoms with E-state index in [0.29, 0.717) is 11.8 Å². The lowest BCUT2D eigenvalue weighted by Gasteiger charge is -2.20. The van der Waals surface area contributed by atoms with Crippen LogP contribution in [0.25, 0.3) is 0 Å². The van der Waals surface area contributed by atoms with Crippen LogP contribution in [0.5, 0.6) is 5.75 Å². The first-order valence-electron chi connectivity index (χ1n) is 10.6. The Balaban J connectivity index is 1.67. The number of nitrogens with one attached hydrogen (secondary N) is 1. The maximum atomic E-state index is 6.26. The van der Waals surface area contributed by atoms with Crippen LogP contribution in [0.3, 0.4) is 0 Å². The first-order chi connectivity index (χ1) is 14.0. The minimum Gasteiger partial charge on any atom is -0.492 e. The molecule has 1 aliphatic rings. The molecule has 0 aromatic heterocycles. The van der Waals surface area contributed by atoms with E-state index < -0.39 is 0 Å². The van der Waals surface area contributed by atoms with Gasteiger partial charge in [0.2, 0.25) is 0 Å². The van der Waals surface area contributed by atoms with Crippen molar-refractivity contribution >= 4 is 5.69 Å². The van der Waals surface area contributed by atoms with Gasteiger partial charge in [0.05, 0.1) is 6.61 Å². The molecule has 0 saturated heterocycles. The molecule has 0 saturated carbocycles. The van der Waals surface area contributed by atoms with Crippen LogP contribution in [0.1, 0.15) is 64.6 Å². The van der Waals surface area contributed by atoms with Gasteiger partial charge in [0.1, 0.15) is 5.75 Å². The molecule has 4 rings (SSSR count). The lowest BCUT2D eigenvalue weighted by atomic mass is 9.85. The van der Waals surface area contributed by atoms with Crippen LogP contribution in [0.15, 0.2) is 54.6 Å². The summed E-state index contributed by atoms with van der Waals surface area (Å²) in [4.78, 5) is 0. The molecule has 3 aromatic rings. The zero-order chi connectivity index (χ0) is 20.5. The van der Waals surface area contributed by atoms with Crippen LogP contribution in [0.4, 0.5) is 5.69 Å². The second-order valence-electron chi connectivity index (χ2n) is 8.52. The predicted octanol–water partition coefficient (Wildman–Crippen LogP) is 6.87. The van der Waals surface area contributed by atoms with E-state index in [1.165, 1.54) is 44.6 Å². The molecule has 29 heavy (non-hydrogen) atoms. The van der Waals surface area contributed by atoms with E-state index in [-0.39, 0.29) is 0 Å². The van der Waals surface area contributed by atoms with Gasteiger partial charge in [0.25, 0.3) is 0 Å². The molecule has 2 nitrogen and oxygen atoms in total. The molecule has 0 bridgehead atoms. The maximum Gasteiger partial charge on any atom is 0.128 e. The maximum absolute atomic E-state index is 6.26. The van der Waals surface area contributed by atoms with Crippen LogP contribution in [-0.4, -0.2) is 6.61 Å². The Bertz CT molecular complexity index is 1000. The second-order valence-corrected chi connectivity index (χ2v) is 8.52. The zero-order valence-corrected chi connectivity index (χ0v) is 18.2. The SMILES string of the molecule is Cc1c(C)c2c(c(C)c1NCc1ccccc1)OCC2c1ccc(C(C)C)cc1. The van der Waals surface area contributed by atoms with Gasteiger partial charge in [-0.3, -0.25) is 0 Å². The van der Waals surface area contributed by atoms with E-state index in [2.05, 4.69) is 94.5 Å². The van der Waals surface area contributed by atoms with E-state index in [9.17, 15) is 0 Å². The van der Waals surface area contributed by atoms with E-state index in [0.717, 1.165) is 18.9 Å².